The summed E-state index contributed by atoms with van der Waals surface area (Å²) in [4.78, 5) is 26.4. The Morgan fingerprint density at radius 3 is 2.18 bits per heavy atom. The number of benzene rings is 2. The third kappa shape index (κ3) is 6.18. The molecular formula is C22H27N3O6S2. The maximum Gasteiger partial charge on any atom is 0.243 e. The predicted molar refractivity (Wildman–Crippen MR) is 126 cm³/mol. The van der Waals surface area contributed by atoms with Crippen LogP contribution in [0.4, 0.5) is 5.69 Å². The molecule has 1 aliphatic heterocycles. The van der Waals surface area contributed by atoms with Crippen LogP contribution in [0.1, 0.15) is 6.92 Å². The lowest BCUT2D eigenvalue weighted by Crippen LogP contribution is -2.50. The third-order valence-corrected chi connectivity index (χ3v) is 8.01. The molecule has 11 heteroatoms. The molecule has 33 heavy (non-hydrogen) atoms. The van der Waals surface area contributed by atoms with Crippen LogP contribution in [0.25, 0.3) is 0 Å². The normalized spacial score (nSPS) is 14.6. The van der Waals surface area contributed by atoms with Gasteiger partial charge in [-0.2, -0.15) is 4.31 Å². The highest BCUT2D eigenvalue weighted by Gasteiger charge is 2.30. The van der Waals surface area contributed by atoms with Gasteiger partial charge in [0.25, 0.3) is 0 Å². The number of thioether (sulfide) groups is 1. The molecule has 9 nitrogen and oxygen atoms in total. The van der Waals surface area contributed by atoms with Crippen molar-refractivity contribution in [3.05, 3.63) is 42.5 Å². The lowest BCUT2D eigenvalue weighted by molar-refractivity contribution is -0.129. The zero-order chi connectivity index (χ0) is 24.0. The first-order valence-electron chi connectivity index (χ1n) is 10.2. The zero-order valence-corrected chi connectivity index (χ0v) is 20.4. The van der Waals surface area contributed by atoms with E-state index in [0.29, 0.717) is 30.3 Å². The van der Waals surface area contributed by atoms with Crippen molar-refractivity contribution in [3.8, 4) is 11.5 Å². The summed E-state index contributed by atoms with van der Waals surface area (Å²) in [6, 6.07) is 11.7. The fourth-order valence-electron chi connectivity index (χ4n) is 3.38. The van der Waals surface area contributed by atoms with Crippen LogP contribution in [0.3, 0.4) is 0 Å². The molecule has 0 aliphatic carbocycles. The highest BCUT2D eigenvalue weighted by Crippen LogP contribution is 2.31. The molecule has 2 aromatic carbocycles. The quantitative estimate of drug-likeness (QED) is 0.563. The number of piperazine rings is 1. The fraction of sp³-hybridized carbons (Fsp3) is 0.364. The van der Waals surface area contributed by atoms with Crippen molar-refractivity contribution in [2.75, 3.05) is 51.5 Å². The maximum absolute atomic E-state index is 13.0. The van der Waals surface area contributed by atoms with Gasteiger partial charge in [0.05, 0.1) is 24.9 Å². The van der Waals surface area contributed by atoms with Gasteiger partial charge in [0.2, 0.25) is 21.8 Å². The number of hydrogen-bond acceptors (Lipinski definition) is 7. The number of nitrogens with zero attached hydrogens (tertiary/aromatic N) is 2. The monoisotopic (exact) mass is 493 g/mol. The standard InChI is InChI=1S/C22H27N3O6S2/c1-16(26)23-17-4-6-18(7-5-17)32-15-22(27)24-10-12-25(13-11-24)33(28,29)19-8-9-20(30-2)21(14-19)31-3/h4-9,14H,10-13,15H2,1-3H3,(H,23,26). The Balaban J connectivity index is 1.54. The first kappa shape index (κ1) is 24.9. The summed E-state index contributed by atoms with van der Waals surface area (Å²) in [5, 5.41) is 2.70. The molecule has 0 bridgehead atoms. The maximum atomic E-state index is 13.0. The molecule has 0 unspecified atom stereocenters. The first-order valence-corrected chi connectivity index (χ1v) is 12.7. The number of methoxy groups -OCH3 is 2. The summed E-state index contributed by atoms with van der Waals surface area (Å²) in [6.07, 6.45) is 0. The Kier molecular flexibility index (Phi) is 8.22. The van der Waals surface area contributed by atoms with Gasteiger partial charge >= 0.3 is 0 Å². The van der Waals surface area contributed by atoms with E-state index in [4.69, 9.17) is 9.47 Å². The molecule has 0 radical (unpaired) electrons. The fourth-order valence-corrected chi connectivity index (χ4v) is 5.62. The van der Waals surface area contributed by atoms with Crippen molar-refractivity contribution in [1.82, 2.24) is 9.21 Å². The van der Waals surface area contributed by atoms with E-state index in [2.05, 4.69) is 5.32 Å². The predicted octanol–water partition coefficient (Wildman–Crippen LogP) is 2.29. The lowest BCUT2D eigenvalue weighted by atomic mass is 10.3. The van der Waals surface area contributed by atoms with Crippen LogP contribution in [0.2, 0.25) is 0 Å². The largest absolute Gasteiger partial charge is 0.493 e. The minimum atomic E-state index is -3.71. The van der Waals surface area contributed by atoms with Gasteiger partial charge < -0.3 is 19.7 Å². The summed E-state index contributed by atoms with van der Waals surface area (Å²) in [6.45, 7) is 2.54. The second-order valence-electron chi connectivity index (χ2n) is 7.30. The van der Waals surface area contributed by atoms with Crippen LogP contribution in [0.5, 0.6) is 11.5 Å². The lowest BCUT2D eigenvalue weighted by Gasteiger charge is -2.34. The molecule has 1 fully saturated rings. The Hall–Kier alpha value is -2.76. The van der Waals surface area contributed by atoms with E-state index in [1.165, 1.54) is 49.3 Å². The van der Waals surface area contributed by atoms with Gasteiger partial charge in [-0.05, 0) is 36.4 Å². The minimum Gasteiger partial charge on any atom is -0.493 e. The smallest absolute Gasteiger partial charge is 0.243 e. The summed E-state index contributed by atoms with van der Waals surface area (Å²) in [7, 11) is -0.772. The van der Waals surface area contributed by atoms with E-state index < -0.39 is 10.0 Å². The second kappa shape index (κ2) is 10.9. The molecule has 0 spiro atoms. The van der Waals surface area contributed by atoms with Gasteiger partial charge in [-0.1, -0.05) is 0 Å². The number of hydrogen-bond donors (Lipinski definition) is 1. The molecule has 0 aromatic heterocycles. The number of amides is 2. The Morgan fingerprint density at radius 2 is 1.61 bits per heavy atom. The summed E-state index contributed by atoms with van der Waals surface area (Å²) in [5.41, 5.74) is 0.699. The molecule has 0 atom stereocenters. The van der Waals surface area contributed by atoms with Gasteiger partial charge in [-0.3, -0.25) is 9.59 Å². The molecule has 2 aromatic rings. The number of ether oxygens (including phenoxy) is 2. The van der Waals surface area contributed by atoms with Crippen LogP contribution in [0, 0.1) is 0 Å². The molecular weight excluding hydrogens is 466 g/mol. The van der Waals surface area contributed by atoms with Gasteiger partial charge in [-0.25, -0.2) is 8.42 Å². The molecule has 0 saturated carbocycles. The number of carbonyl (C=O) groups excluding carboxylic acids is 2. The minimum absolute atomic E-state index is 0.0471. The number of anilines is 1. The number of nitrogens with one attached hydrogen (secondary N) is 1. The van der Waals surface area contributed by atoms with E-state index in [0.717, 1.165) is 4.90 Å². The Morgan fingerprint density at radius 1 is 0.970 bits per heavy atom. The van der Waals surface area contributed by atoms with Gasteiger partial charge in [-0.15, -0.1) is 11.8 Å². The SMILES string of the molecule is COc1ccc(S(=O)(=O)N2CCN(C(=O)CSc3ccc(NC(C)=O)cc3)CC2)cc1OC. The highest BCUT2D eigenvalue weighted by molar-refractivity contribution is 8.00. The topological polar surface area (TPSA) is 105 Å². The van der Waals surface area contributed by atoms with Crippen molar-refractivity contribution in [2.24, 2.45) is 0 Å². The van der Waals surface area contributed by atoms with Crippen molar-refractivity contribution in [1.29, 1.82) is 0 Å². The van der Waals surface area contributed by atoms with Crippen LogP contribution < -0.4 is 14.8 Å². The van der Waals surface area contributed by atoms with Crippen LogP contribution in [-0.2, 0) is 19.6 Å². The first-order chi connectivity index (χ1) is 15.7. The number of rotatable bonds is 8. The average Bonchev–Trinajstić information content (AvgIpc) is 2.82. The number of carbonyl (C=O) groups is 2. The van der Waals surface area contributed by atoms with Crippen LogP contribution in [-0.4, -0.2) is 75.6 Å². The molecule has 2 amide bonds. The van der Waals surface area contributed by atoms with Crippen molar-refractivity contribution in [3.63, 3.8) is 0 Å². The zero-order valence-electron chi connectivity index (χ0n) is 18.7. The van der Waals surface area contributed by atoms with Crippen LogP contribution >= 0.6 is 11.8 Å². The Bertz CT molecular complexity index is 1100. The van der Waals surface area contributed by atoms with Crippen molar-refractivity contribution < 1.29 is 27.5 Å². The van der Waals surface area contributed by atoms with Crippen molar-refractivity contribution in [2.45, 2.75) is 16.7 Å². The van der Waals surface area contributed by atoms with Gasteiger partial charge in [0, 0.05) is 49.8 Å². The summed E-state index contributed by atoms with van der Waals surface area (Å²) < 4.78 is 37.8. The van der Waals surface area contributed by atoms with Crippen LogP contribution in [0.15, 0.2) is 52.3 Å². The summed E-state index contributed by atoms with van der Waals surface area (Å²) in [5.74, 6) is 0.859. The number of sulfonamides is 1. The van der Waals surface area contributed by atoms with Gasteiger partial charge in [0.1, 0.15) is 0 Å². The summed E-state index contributed by atoms with van der Waals surface area (Å²) >= 11 is 1.40. The molecule has 3 rings (SSSR count). The van der Waals surface area contributed by atoms with E-state index in [-0.39, 0.29) is 35.6 Å². The molecule has 1 saturated heterocycles. The second-order valence-corrected chi connectivity index (χ2v) is 10.3. The van der Waals surface area contributed by atoms with Crippen molar-refractivity contribution >= 4 is 39.3 Å². The highest BCUT2D eigenvalue weighted by atomic mass is 32.2. The Labute approximate surface area is 198 Å². The van der Waals surface area contributed by atoms with E-state index in [9.17, 15) is 18.0 Å². The molecule has 1 N–H and O–H groups in total. The molecule has 1 aliphatic rings. The molecule has 178 valence electrons. The van der Waals surface area contributed by atoms with E-state index in [1.807, 2.05) is 12.1 Å². The van der Waals surface area contributed by atoms with Gasteiger partial charge in [0.15, 0.2) is 11.5 Å². The van der Waals surface area contributed by atoms with E-state index in [1.54, 1.807) is 23.1 Å². The average molecular weight is 494 g/mol. The third-order valence-electron chi connectivity index (χ3n) is 5.12. The molecule has 1 heterocycles. The van der Waals surface area contributed by atoms with E-state index >= 15 is 0 Å².